The molecule has 0 spiro atoms. The Morgan fingerprint density at radius 2 is 2.17 bits per heavy atom. The molecule has 3 heteroatoms. The average Bonchev–Trinajstić information content (AvgIpc) is 2.64. The van der Waals surface area contributed by atoms with E-state index in [2.05, 4.69) is 31.1 Å². The molecule has 2 nitrogen and oxygen atoms in total. The van der Waals surface area contributed by atoms with Crippen molar-refractivity contribution in [3.63, 3.8) is 0 Å². The van der Waals surface area contributed by atoms with Crippen LogP contribution >= 0.6 is 0 Å². The molecule has 1 fully saturated rings. The highest BCUT2D eigenvalue weighted by Crippen LogP contribution is 2.15. The Bertz CT molecular complexity index is 205. The van der Waals surface area contributed by atoms with E-state index in [1.54, 1.807) is 0 Å². The first-order valence-electron chi connectivity index (χ1n) is 4.29. The number of aliphatic hydroxyl groups is 1. The van der Waals surface area contributed by atoms with Gasteiger partial charge in [0.15, 0.2) is 0 Å². The van der Waals surface area contributed by atoms with Gasteiger partial charge in [-0.15, -0.1) is 11.5 Å². The lowest BCUT2D eigenvalue weighted by Gasteiger charge is -2.04. The fourth-order valence-corrected chi connectivity index (χ4v) is 1.46. The Kier molecular flexibility index (Phi) is 2.94. The van der Waals surface area contributed by atoms with Crippen molar-refractivity contribution in [3.8, 4) is 11.5 Å². The van der Waals surface area contributed by atoms with E-state index in [1.165, 1.54) is 0 Å². The highest BCUT2D eigenvalue weighted by molar-refractivity contribution is 6.83. The molecule has 12 heavy (non-hydrogen) atoms. The van der Waals surface area contributed by atoms with Crippen LogP contribution in [0.25, 0.3) is 0 Å². The molecule has 0 radical (unpaired) electrons. The summed E-state index contributed by atoms with van der Waals surface area (Å²) in [6.45, 7) is 7.29. The van der Waals surface area contributed by atoms with Crippen LogP contribution in [0.1, 0.15) is 6.42 Å². The van der Waals surface area contributed by atoms with Gasteiger partial charge in [0, 0.05) is 6.42 Å². The number of rotatable bonds is 2. The molecule has 0 aromatic rings. The second-order valence-electron chi connectivity index (χ2n) is 4.20. The molecule has 0 aromatic heterocycles. The van der Waals surface area contributed by atoms with E-state index in [-0.39, 0.29) is 12.2 Å². The predicted molar refractivity (Wildman–Crippen MR) is 51.5 cm³/mol. The molecule has 0 aromatic carbocycles. The van der Waals surface area contributed by atoms with Crippen LogP contribution in [0.15, 0.2) is 0 Å². The molecule has 0 aliphatic carbocycles. The quantitative estimate of drug-likeness (QED) is 0.395. The third-order valence-electron chi connectivity index (χ3n) is 1.56. The molecule has 0 bridgehead atoms. The number of aliphatic hydroxyl groups excluding tert-OH is 1. The van der Waals surface area contributed by atoms with Gasteiger partial charge in [-0.1, -0.05) is 19.6 Å². The van der Waals surface area contributed by atoms with E-state index in [1.807, 2.05) is 0 Å². The maximum absolute atomic E-state index is 9.37. The minimum absolute atomic E-state index is 0.0703. The molecule has 68 valence electrons. The minimum atomic E-state index is -1.25. The Morgan fingerprint density at radius 1 is 1.58 bits per heavy atom. The maximum atomic E-state index is 9.37. The molecular weight excluding hydrogens is 168 g/mol. The van der Waals surface area contributed by atoms with Crippen LogP contribution in [-0.2, 0) is 4.74 Å². The number of ether oxygens (including phenoxy) is 1. The lowest BCUT2D eigenvalue weighted by Crippen LogP contribution is -2.18. The van der Waals surface area contributed by atoms with Crippen LogP contribution in [0.4, 0.5) is 0 Å². The maximum Gasteiger partial charge on any atom is 0.129 e. The Labute approximate surface area is 74.9 Å². The Morgan fingerprint density at radius 3 is 2.58 bits per heavy atom. The molecule has 1 aliphatic rings. The molecule has 1 aliphatic heterocycles. The molecule has 0 unspecified atom stereocenters. The van der Waals surface area contributed by atoms with Crippen molar-refractivity contribution in [2.45, 2.75) is 38.3 Å². The van der Waals surface area contributed by atoms with Crippen LogP contribution in [0.5, 0.6) is 0 Å². The van der Waals surface area contributed by atoms with Gasteiger partial charge in [0.25, 0.3) is 0 Å². The number of epoxide rings is 1. The van der Waals surface area contributed by atoms with Crippen molar-refractivity contribution >= 4 is 8.07 Å². The van der Waals surface area contributed by atoms with Crippen molar-refractivity contribution in [1.82, 2.24) is 0 Å². The molecule has 1 N–H and O–H groups in total. The van der Waals surface area contributed by atoms with Crippen molar-refractivity contribution in [3.05, 3.63) is 0 Å². The smallest absolute Gasteiger partial charge is 0.129 e. The van der Waals surface area contributed by atoms with Crippen LogP contribution in [0, 0.1) is 11.5 Å². The molecular formula is C9H16O2Si. The van der Waals surface area contributed by atoms with Crippen molar-refractivity contribution in [2.75, 3.05) is 6.61 Å². The lowest BCUT2D eigenvalue weighted by molar-refractivity contribution is 0.140. The fraction of sp³-hybridized carbons (Fsp3) is 0.778. The zero-order valence-corrected chi connectivity index (χ0v) is 8.92. The van der Waals surface area contributed by atoms with E-state index in [0.717, 1.165) is 0 Å². The summed E-state index contributed by atoms with van der Waals surface area (Å²) in [5.41, 5.74) is 3.21. The number of hydrogen-bond acceptors (Lipinski definition) is 2. The zero-order chi connectivity index (χ0) is 9.19. The summed E-state index contributed by atoms with van der Waals surface area (Å²) in [4.78, 5) is 0. The lowest BCUT2D eigenvalue weighted by atomic mass is 10.2. The van der Waals surface area contributed by atoms with Crippen molar-refractivity contribution in [1.29, 1.82) is 0 Å². The van der Waals surface area contributed by atoms with Crippen LogP contribution in [0.3, 0.4) is 0 Å². The normalized spacial score (nSPS) is 24.2. The first-order valence-corrected chi connectivity index (χ1v) is 7.79. The topological polar surface area (TPSA) is 32.8 Å². The van der Waals surface area contributed by atoms with Gasteiger partial charge in [0.05, 0.1) is 12.7 Å². The van der Waals surface area contributed by atoms with E-state index < -0.39 is 8.07 Å². The van der Waals surface area contributed by atoms with Gasteiger partial charge in [0.1, 0.15) is 14.2 Å². The van der Waals surface area contributed by atoms with Crippen molar-refractivity contribution in [2.24, 2.45) is 0 Å². The largest absolute Gasteiger partial charge is 0.389 e. The molecule has 1 saturated heterocycles. The highest BCUT2D eigenvalue weighted by atomic mass is 28.3. The number of hydrogen-bond donors (Lipinski definition) is 1. The Hall–Kier alpha value is -0.303. The van der Waals surface area contributed by atoms with E-state index in [4.69, 9.17) is 4.74 Å². The Balaban J connectivity index is 2.26. The van der Waals surface area contributed by atoms with Crippen LogP contribution < -0.4 is 0 Å². The van der Waals surface area contributed by atoms with Gasteiger partial charge in [-0.05, 0) is 0 Å². The average molecular weight is 184 g/mol. The van der Waals surface area contributed by atoms with Gasteiger partial charge in [-0.2, -0.15) is 0 Å². The zero-order valence-electron chi connectivity index (χ0n) is 7.92. The first kappa shape index (κ1) is 9.78. The summed E-state index contributed by atoms with van der Waals surface area (Å²) in [6, 6.07) is 0. The summed E-state index contributed by atoms with van der Waals surface area (Å²) in [6.07, 6.45) is 0.268. The SMILES string of the molecule is C[Si](C)(C)C#CC[C@H](O)[C@@H]1CO1. The van der Waals surface area contributed by atoms with E-state index in [9.17, 15) is 5.11 Å². The van der Waals surface area contributed by atoms with Crippen LogP contribution in [0.2, 0.25) is 19.6 Å². The summed E-state index contributed by atoms with van der Waals surface area (Å²) >= 11 is 0. The third-order valence-corrected chi connectivity index (χ3v) is 2.49. The molecule has 2 atom stereocenters. The minimum Gasteiger partial charge on any atom is -0.389 e. The second kappa shape index (κ2) is 3.61. The summed E-state index contributed by atoms with van der Waals surface area (Å²) in [5.74, 6) is 3.03. The summed E-state index contributed by atoms with van der Waals surface area (Å²) in [5, 5.41) is 9.37. The van der Waals surface area contributed by atoms with Gasteiger partial charge >= 0.3 is 0 Å². The second-order valence-corrected chi connectivity index (χ2v) is 8.95. The van der Waals surface area contributed by atoms with Gasteiger partial charge in [0.2, 0.25) is 0 Å². The summed E-state index contributed by atoms with van der Waals surface area (Å²) < 4.78 is 4.95. The van der Waals surface area contributed by atoms with Gasteiger partial charge in [-0.25, -0.2) is 0 Å². The monoisotopic (exact) mass is 184 g/mol. The first-order chi connectivity index (χ1) is 5.49. The van der Waals surface area contributed by atoms with E-state index >= 15 is 0 Å². The van der Waals surface area contributed by atoms with Gasteiger partial charge in [-0.3, -0.25) is 0 Å². The van der Waals surface area contributed by atoms with Crippen molar-refractivity contribution < 1.29 is 9.84 Å². The van der Waals surface area contributed by atoms with E-state index in [0.29, 0.717) is 13.0 Å². The molecule has 0 saturated carbocycles. The summed E-state index contributed by atoms with van der Waals surface area (Å²) in [7, 11) is -1.25. The van der Waals surface area contributed by atoms with Crippen LogP contribution in [-0.4, -0.2) is 32.0 Å². The molecule has 0 amide bonds. The third kappa shape index (κ3) is 3.91. The molecule has 1 heterocycles. The molecule has 1 rings (SSSR count). The highest BCUT2D eigenvalue weighted by Gasteiger charge is 2.30. The fourth-order valence-electron chi connectivity index (χ4n) is 0.830. The predicted octanol–water partition coefficient (Wildman–Crippen LogP) is 1.02. The van der Waals surface area contributed by atoms with Gasteiger partial charge < -0.3 is 9.84 Å². The standard InChI is InChI=1S/C9H16O2Si/c1-12(2,3)6-4-5-8(10)9-7-11-9/h8-10H,5,7H2,1-3H3/t8-,9-/m0/s1.